The minimum Gasteiger partial charge on any atom is -0.464 e. The van der Waals surface area contributed by atoms with Gasteiger partial charge in [-0.05, 0) is 49.1 Å². The zero-order valence-electron chi connectivity index (χ0n) is 13.2. The molecule has 0 radical (unpaired) electrons. The molecule has 1 fully saturated rings. The van der Waals surface area contributed by atoms with E-state index in [1.54, 1.807) is 0 Å². The summed E-state index contributed by atoms with van der Waals surface area (Å²) in [7, 11) is 0. The Morgan fingerprint density at radius 2 is 1.95 bits per heavy atom. The Hall–Kier alpha value is -1.10. The van der Waals surface area contributed by atoms with Gasteiger partial charge < -0.3 is 10.1 Å². The molecule has 1 aromatic rings. The molecule has 0 bridgehead atoms. The molecule has 5 nitrogen and oxygen atoms in total. The molecule has 21 heavy (non-hydrogen) atoms. The molecule has 1 aromatic heterocycles. The second kappa shape index (κ2) is 7.25. The number of aromatic nitrogens is 3. The lowest BCUT2D eigenvalue weighted by molar-refractivity contribution is 0.252. The fourth-order valence-corrected chi connectivity index (χ4v) is 3.47. The summed E-state index contributed by atoms with van der Waals surface area (Å²) in [4.78, 5) is 12.3. The molecular formula is C15H25ClN4O. The van der Waals surface area contributed by atoms with Crippen molar-refractivity contribution in [1.82, 2.24) is 15.0 Å². The lowest BCUT2D eigenvalue weighted by Crippen LogP contribution is -2.29. The molecule has 0 spiro atoms. The first-order chi connectivity index (χ1) is 10.0. The molecule has 0 aliphatic heterocycles. The van der Waals surface area contributed by atoms with Crippen molar-refractivity contribution in [3.8, 4) is 6.01 Å². The van der Waals surface area contributed by atoms with Gasteiger partial charge in [-0.25, -0.2) is 0 Å². The summed E-state index contributed by atoms with van der Waals surface area (Å²) in [5.74, 6) is 1.21. The highest BCUT2D eigenvalue weighted by Gasteiger charge is 2.34. The third-order valence-corrected chi connectivity index (χ3v) is 4.16. The van der Waals surface area contributed by atoms with Crippen LogP contribution in [0, 0.1) is 11.3 Å². The average Bonchev–Trinajstić information content (AvgIpc) is 2.84. The SMILES string of the molecule is CCOc1nc(Cl)nc(NCC2(CC(C)C)CCCC2)n1. The molecule has 1 heterocycles. The van der Waals surface area contributed by atoms with Gasteiger partial charge in [0.2, 0.25) is 11.2 Å². The van der Waals surface area contributed by atoms with Gasteiger partial charge in [-0.15, -0.1) is 0 Å². The Bertz CT molecular complexity index is 461. The van der Waals surface area contributed by atoms with E-state index in [2.05, 4.69) is 34.1 Å². The number of rotatable bonds is 7. The topological polar surface area (TPSA) is 59.9 Å². The molecule has 0 amide bonds. The van der Waals surface area contributed by atoms with Crippen molar-refractivity contribution in [3.05, 3.63) is 5.28 Å². The third kappa shape index (κ3) is 4.70. The van der Waals surface area contributed by atoms with E-state index in [9.17, 15) is 0 Å². The monoisotopic (exact) mass is 312 g/mol. The van der Waals surface area contributed by atoms with Crippen LogP contribution in [-0.2, 0) is 0 Å². The van der Waals surface area contributed by atoms with Gasteiger partial charge in [0, 0.05) is 6.54 Å². The van der Waals surface area contributed by atoms with Crippen molar-refractivity contribution >= 4 is 17.5 Å². The van der Waals surface area contributed by atoms with Crippen molar-refractivity contribution in [3.63, 3.8) is 0 Å². The zero-order chi connectivity index (χ0) is 15.3. The number of nitrogens with zero attached hydrogens (tertiary/aromatic N) is 3. The van der Waals surface area contributed by atoms with Crippen LogP contribution in [0.1, 0.15) is 52.9 Å². The first kappa shape index (κ1) is 16.3. The summed E-state index contributed by atoms with van der Waals surface area (Å²) in [6.07, 6.45) is 6.41. The first-order valence-corrected chi connectivity index (χ1v) is 8.19. The van der Waals surface area contributed by atoms with Crippen LogP contribution in [-0.4, -0.2) is 28.1 Å². The molecule has 0 saturated heterocycles. The molecule has 0 atom stereocenters. The predicted molar refractivity (Wildman–Crippen MR) is 84.9 cm³/mol. The van der Waals surface area contributed by atoms with Crippen molar-refractivity contribution in [2.45, 2.75) is 52.9 Å². The summed E-state index contributed by atoms with van der Waals surface area (Å²) >= 11 is 5.92. The van der Waals surface area contributed by atoms with Gasteiger partial charge in [0.25, 0.3) is 0 Å². The highest BCUT2D eigenvalue weighted by molar-refractivity contribution is 6.28. The Kier molecular flexibility index (Phi) is 5.62. The van der Waals surface area contributed by atoms with E-state index in [0.717, 1.165) is 6.54 Å². The van der Waals surface area contributed by atoms with E-state index in [0.29, 0.717) is 23.9 Å². The van der Waals surface area contributed by atoms with Gasteiger partial charge in [0.15, 0.2) is 0 Å². The Morgan fingerprint density at radius 1 is 1.24 bits per heavy atom. The molecule has 0 aromatic carbocycles. The van der Waals surface area contributed by atoms with Crippen molar-refractivity contribution in [1.29, 1.82) is 0 Å². The Morgan fingerprint density at radius 3 is 2.57 bits per heavy atom. The Balaban J connectivity index is 2.03. The highest BCUT2D eigenvalue weighted by atomic mass is 35.5. The summed E-state index contributed by atoms with van der Waals surface area (Å²) in [5.41, 5.74) is 0.360. The van der Waals surface area contributed by atoms with E-state index in [-0.39, 0.29) is 11.3 Å². The van der Waals surface area contributed by atoms with Crippen LogP contribution in [0.3, 0.4) is 0 Å². The van der Waals surface area contributed by atoms with E-state index in [4.69, 9.17) is 16.3 Å². The van der Waals surface area contributed by atoms with Gasteiger partial charge in [-0.3, -0.25) is 0 Å². The molecular weight excluding hydrogens is 288 g/mol. The highest BCUT2D eigenvalue weighted by Crippen LogP contribution is 2.43. The van der Waals surface area contributed by atoms with Crippen molar-refractivity contribution in [2.24, 2.45) is 11.3 Å². The number of hydrogen-bond donors (Lipinski definition) is 1. The molecule has 1 saturated carbocycles. The normalized spacial score (nSPS) is 17.2. The lowest BCUT2D eigenvalue weighted by atomic mass is 9.78. The molecule has 1 aliphatic carbocycles. The first-order valence-electron chi connectivity index (χ1n) is 7.81. The van der Waals surface area contributed by atoms with Crippen LogP contribution < -0.4 is 10.1 Å². The molecule has 118 valence electrons. The lowest BCUT2D eigenvalue weighted by Gasteiger charge is -2.31. The largest absolute Gasteiger partial charge is 0.464 e. The minimum atomic E-state index is 0.167. The predicted octanol–water partition coefficient (Wildman–Crippen LogP) is 3.94. The standard InChI is InChI=1S/C15H25ClN4O/c1-4-21-14-19-12(16)18-13(20-14)17-10-15(9-11(2)3)7-5-6-8-15/h11H,4-10H2,1-3H3,(H,17,18,19,20). The maximum absolute atomic E-state index is 5.92. The number of halogens is 1. The summed E-state index contributed by atoms with van der Waals surface area (Å²) in [6.45, 7) is 7.86. The van der Waals surface area contributed by atoms with Crippen LogP contribution in [0.4, 0.5) is 5.95 Å². The fraction of sp³-hybridized carbons (Fsp3) is 0.800. The van der Waals surface area contributed by atoms with Gasteiger partial charge in [-0.2, -0.15) is 15.0 Å². The van der Waals surface area contributed by atoms with E-state index < -0.39 is 0 Å². The number of hydrogen-bond acceptors (Lipinski definition) is 5. The van der Waals surface area contributed by atoms with Gasteiger partial charge in [0.05, 0.1) is 6.61 Å². The zero-order valence-corrected chi connectivity index (χ0v) is 13.9. The molecule has 1 aliphatic rings. The van der Waals surface area contributed by atoms with Gasteiger partial charge in [-0.1, -0.05) is 26.7 Å². The summed E-state index contributed by atoms with van der Waals surface area (Å²) in [5, 5.41) is 3.51. The maximum Gasteiger partial charge on any atom is 0.322 e. The van der Waals surface area contributed by atoms with Crippen molar-refractivity contribution < 1.29 is 4.74 Å². The van der Waals surface area contributed by atoms with Crippen LogP contribution in [0.15, 0.2) is 0 Å². The number of nitrogens with one attached hydrogen (secondary N) is 1. The summed E-state index contributed by atoms with van der Waals surface area (Å²) in [6, 6.07) is 0.282. The Labute approximate surface area is 131 Å². The number of ether oxygens (including phenoxy) is 1. The smallest absolute Gasteiger partial charge is 0.322 e. The fourth-order valence-electron chi connectivity index (χ4n) is 3.32. The second-order valence-corrected chi connectivity index (χ2v) is 6.64. The summed E-state index contributed by atoms with van der Waals surface area (Å²) < 4.78 is 5.30. The molecule has 0 unspecified atom stereocenters. The van der Waals surface area contributed by atoms with Gasteiger partial charge >= 0.3 is 6.01 Å². The quantitative estimate of drug-likeness (QED) is 0.826. The van der Waals surface area contributed by atoms with Crippen LogP contribution in [0.2, 0.25) is 5.28 Å². The number of anilines is 1. The third-order valence-electron chi connectivity index (χ3n) is 3.99. The van der Waals surface area contributed by atoms with E-state index >= 15 is 0 Å². The maximum atomic E-state index is 5.92. The van der Waals surface area contributed by atoms with Crippen molar-refractivity contribution in [2.75, 3.05) is 18.5 Å². The average molecular weight is 313 g/mol. The molecule has 1 N–H and O–H groups in total. The van der Waals surface area contributed by atoms with E-state index in [1.807, 2.05) is 6.92 Å². The molecule has 2 rings (SSSR count). The van der Waals surface area contributed by atoms with Crippen LogP contribution in [0.25, 0.3) is 0 Å². The second-order valence-electron chi connectivity index (χ2n) is 6.30. The van der Waals surface area contributed by atoms with Crippen LogP contribution in [0.5, 0.6) is 6.01 Å². The van der Waals surface area contributed by atoms with E-state index in [1.165, 1.54) is 32.1 Å². The minimum absolute atomic E-state index is 0.167. The molecule has 6 heteroatoms. The van der Waals surface area contributed by atoms with Crippen LogP contribution >= 0.6 is 11.6 Å². The van der Waals surface area contributed by atoms with Gasteiger partial charge in [0.1, 0.15) is 0 Å².